The summed E-state index contributed by atoms with van der Waals surface area (Å²) in [4.78, 5) is 10.5. The van der Waals surface area contributed by atoms with Crippen molar-refractivity contribution < 1.29 is 15.0 Å². The Morgan fingerprint density at radius 1 is 1.54 bits per heavy atom. The molecular formula is C10H18O3. The standard InChI is InChI=1S/C10H18O3/c1-7-3-4-10(13,6-9(11)12)8(2)5-7/h7-8,13H,3-6H2,1-2H3,(H,11,12). The van der Waals surface area contributed by atoms with Crippen molar-refractivity contribution in [3.63, 3.8) is 0 Å². The fraction of sp³-hybridized carbons (Fsp3) is 0.900. The molecule has 0 bridgehead atoms. The van der Waals surface area contributed by atoms with Gasteiger partial charge in [-0.05, 0) is 31.1 Å². The molecule has 0 aliphatic heterocycles. The maximum Gasteiger partial charge on any atom is 0.306 e. The molecule has 0 aromatic carbocycles. The van der Waals surface area contributed by atoms with E-state index in [9.17, 15) is 9.90 Å². The number of carboxylic acids is 1. The molecule has 1 fully saturated rings. The summed E-state index contributed by atoms with van der Waals surface area (Å²) < 4.78 is 0. The molecule has 3 unspecified atom stereocenters. The van der Waals surface area contributed by atoms with Crippen molar-refractivity contribution >= 4 is 5.97 Å². The third-order valence-corrected chi connectivity index (χ3v) is 3.20. The molecule has 0 saturated heterocycles. The predicted molar refractivity (Wildman–Crippen MR) is 49.4 cm³/mol. The Bertz CT molecular complexity index is 202. The number of hydrogen-bond acceptors (Lipinski definition) is 2. The molecule has 13 heavy (non-hydrogen) atoms. The molecule has 2 N–H and O–H groups in total. The van der Waals surface area contributed by atoms with Crippen LogP contribution in [0, 0.1) is 11.8 Å². The molecule has 3 atom stereocenters. The lowest BCUT2D eigenvalue weighted by Gasteiger charge is -2.39. The molecule has 1 saturated carbocycles. The molecule has 0 spiro atoms. The van der Waals surface area contributed by atoms with Crippen molar-refractivity contribution in [1.82, 2.24) is 0 Å². The van der Waals surface area contributed by atoms with Crippen LogP contribution < -0.4 is 0 Å². The quantitative estimate of drug-likeness (QED) is 0.689. The highest BCUT2D eigenvalue weighted by Gasteiger charge is 2.39. The Labute approximate surface area is 78.8 Å². The summed E-state index contributed by atoms with van der Waals surface area (Å²) >= 11 is 0. The second-order valence-corrected chi connectivity index (χ2v) is 4.45. The highest BCUT2D eigenvalue weighted by atomic mass is 16.4. The van der Waals surface area contributed by atoms with Crippen LogP contribution in [0.3, 0.4) is 0 Å². The van der Waals surface area contributed by atoms with Gasteiger partial charge in [-0.1, -0.05) is 13.8 Å². The molecule has 1 aliphatic carbocycles. The monoisotopic (exact) mass is 186 g/mol. The first-order valence-electron chi connectivity index (χ1n) is 4.88. The molecule has 1 aliphatic rings. The third kappa shape index (κ3) is 2.44. The number of aliphatic hydroxyl groups is 1. The van der Waals surface area contributed by atoms with Crippen molar-refractivity contribution in [2.24, 2.45) is 11.8 Å². The van der Waals surface area contributed by atoms with Gasteiger partial charge < -0.3 is 10.2 Å². The van der Waals surface area contributed by atoms with E-state index >= 15 is 0 Å². The van der Waals surface area contributed by atoms with E-state index in [1.54, 1.807) is 0 Å². The first kappa shape index (κ1) is 10.5. The maximum absolute atomic E-state index is 10.5. The maximum atomic E-state index is 10.5. The summed E-state index contributed by atoms with van der Waals surface area (Å²) in [6.07, 6.45) is 2.39. The van der Waals surface area contributed by atoms with Gasteiger partial charge in [0.05, 0.1) is 12.0 Å². The molecule has 1 rings (SSSR count). The zero-order valence-electron chi connectivity index (χ0n) is 8.29. The second-order valence-electron chi connectivity index (χ2n) is 4.45. The van der Waals surface area contributed by atoms with E-state index in [0.717, 1.165) is 12.8 Å². The molecule has 76 valence electrons. The summed E-state index contributed by atoms with van der Waals surface area (Å²) in [6, 6.07) is 0. The highest BCUT2D eigenvalue weighted by Crippen LogP contribution is 2.38. The van der Waals surface area contributed by atoms with E-state index in [1.165, 1.54) is 0 Å². The van der Waals surface area contributed by atoms with E-state index in [2.05, 4.69) is 6.92 Å². The average molecular weight is 186 g/mol. The Morgan fingerprint density at radius 3 is 2.62 bits per heavy atom. The number of carboxylic acid groups (broad SMARTS) is 1. The van der Waals surface area contributed by atoms with E-state index in [4.69, 9.17) is 5.11 Å². The van der Waals surface area contributed by atoms with Crippen LogP contribution in [0.15, 0.2) is 0 Å². The molecule has 0 aromatic rings. The van der Waals surface area contributed by atoms with Crippen molar-refractivity contribution in [1.29, 1.82) is 0 Å². The highest BCUT2D eigenvalue weighted by molar-refractivity contribution is 5.68. The van der Waals surface area contributed by atoms with Crippen LogP contribution >= 0.6 is 0 Å². The van der Waals surface area contributed by atoms with Crippen LogP contribution in [0.2, 0.25) is 0 Å². The summed E-state index contributed by atoms with van der Waals surface area (Å²) in [6.45, 7) is 4.09. The van der Waals surface area contributed by atoms with Gasteiger partial charge >= 0.3 is 5.97 Å². The minimum Gasteiger partial charge on any atom is -0.481 e. The van der Waals surface area contributed by atoms with Gasteiger partial charge in [0.2, 0.25) is 0 Å². The largest absolute Gasteiger partial charge is 0.481 e. The van der Waals surface area contributed by atoms with Crippen LogP contribution in [-0.2, 0) is 4.79 Å². The van der Waals surface area contributed by atoms with Gasteiger partial charge in [0, 0.05) is 0 Å². The van der Waals surface area contributed by atoms with Gasteiger partial charge in [0.15, 0.2) is 0 Å². The lowest BCUT2D eigenvalue weighted by atomic mass is 9.71. The van der Waals surface area contributed by atoms with Gasteiger partial charge in [-0.2, -0.15) is 0 Å². The molecule has 3 heteroatoms. The normalized spacial score (nSPS) is 40.2. The molecule has 0 heterocycles. The van der Waals surface area contributed by atoms with Gasteiger partial charge in [0.25, 0.3) is 0 Å². The second kappa shape index (κ2) is 3.66. The van der Waals surface area contributed by atoms with Gasteiger partial charge in [-0.3, -0.25) is 4.79 Å². The Hall–Kier alpha value is -0.570. The van der Waals surface area contributed by atoms with Crippen LogP contribution in [0.4, 0.5) is 0 Å². The Morgan fingerprint density at radius 2 is 2.15 bits per heavy atom. The Balaban J connectivity index is 2.61. The fourth-order valence-corrected chi connectivity index (χ4v) is 2.21. The van der Waals surface area contributed by atoms with E-state index < -0.39 is 11.6 Å². The number of aliphatic carboxylic acids is 1. The summed E-state index contributed by atoms with van der Waals surface area (Å²) in [5, 5.41) is 18.7. The van der Waals surface area contributed by atoms with Crippen molar-refractivity contribution in [3.8, 4) is 0 Å². The summed E-state index contributed by atoms with van der Waals surface area (Å²) in [5.41, 5.74) is -0.960. The van der Waals surface area contributed by atoms with Crippen molar-refractivity contribution in [2.75, 3.05) is 0 Å². The molecule has 0 amide bonds. The van der Waals surface area contributed by atoms with Gasteiger partial charge in [-0.15, -0.1) is 0 Å². The minimum atomic E-state index is -0.960. The molecular weight excluding hydrogens is 168 g/mol. The number of hydrogen-bond donors (Lipinski definition) is 2. The zero-order valence-corrected chi connectivity index (χ0v) is 8.29. The van der Waals surface area contributed by atoms with Gasteiger partial charge in [0.1, 0.15) is 0 Å². The van der Waals surface area contributed by atoms with E-state index in [1.807, 2.05) is 6.92 Å². The third-order valence-electron chi connectivity index (χ3n) is 3.20. The lowest BCUT2D eigenvalue weighted by molar-refractivity contribution is -0.147. The minimum absolute atomic E-state index is 0.104. The predicted octanol–water partition coefficient (Wildman–Crippen LogP) is 1.65. The van der Waals surface area contributed by atoms with Crippen molar-refractivity contribution in [3.05, 3.63) is 0 Å². The Kier molecular flexibility index (Phi) is 2.96. The molecule has 0 radical (unpaired) electrons. The summed E-state index contributed by atoms with van der Waals surface area (Å²) in [5.74, 6) is -0.180. The van der Waals surface area contributed by atoms with Crippen LogP contribution in [0.5, 0.6) is 0 Å². The first-order valence-corrected chi connectivity index (χ1v) is 4.88. The van der Waals surface area contributed by atoms with Crippen LogP contribution in [0.25, 0.3) is 0 Å². The SMILES string of the molecule is CC1CCC(O)(CC(=O)O)C(C)C1. The van der Waals surface area contributed by atoms with Gasteiger partial charge in [-0.25, -0.2) is 0 Å². The first-order chi connectivity index (χ1) is 5.94. The lowest BCUT2D eigenvalue weighted by Crippen LogP contribution is -2.42. The topological polar surface area (TPSA) is 57.5 Å². The smallest absolute Gasteiger partial charge is 0.306 e. The fourth-order valence-electron chi connectivity index (χ4n) is 2.21. The number of rotatable bonds is 2. The number of carbonyl (C=O) groups is 1. The average Bonchev–Trinajstić information content (AvgIpc) is 1.97. The van der Waals surface area contributed by atoms with Crippen molar-refractivity contribution in [2.45, 2.75) is 45.1 Å². The zero-order chi connectivity index (χ0) is 10.1. The van der Waals surface area contributed by atoms with Crippen LogP contribution in [-0.4, -0.2) is 21.8 Å². The summed E-state index contributed by atoms with van der Waals surface area (Å²) in [7, 11) is 0. The van der Waals surface area contributed by atoms with Crippen LogP contribution in [0.1, 0.15) is 39.5 Å². The van der Waals surface area contributed by atoms with E-state index in [-0.39, 0.29) is 12.3 Å². The molecule has 3 nitrogen and oxygen atoms in total. The van der Waals surface area contributed by atoms with E-state index in [0.29, 0.717) is 12.3 Å². The molecule has 0 aromatic heterocycles.